The summed E-state index contributed by atoms with van der Waals surface area (Å²) in [5, 5.41) is 5.60. The van der Waals surface area contributed by atoms with Crippen molar-refractivity contribution < 1.29 is 19.1 Å². The van der Waals surface area contributed by atoms with Crippen molar-refractivity contribution in [2.45, 2.75) is 32.9 Å². The Balaban J connectivity index is 1.35. The van der Waals surface area contributed by atoms with Crippen LogP contribution >= 0.6 is 0 Å². The van der Waals surface area contributed by atoms with Crippen molar-refractivity contribution in [1.29, 1.82) is 0 Å². The molecule has 2 N–H and O–H groups in total. The van der Waals surface area contributed by atoms with E-state index < -0.39 is 0 Å². The van der Waals surface area contributed by atoms with Crippen molar-refractivity contribution in [2.75, 3.05) is 60.0 Å². The zero-order chi connectivity index (χ0) is 27.4. The van der Waals surface area contributed by atoms with E-state index in [4.69, 9.17) is 24.4 Å². The fourth-order valence-corrected chi connectivity index (χ4v) is 4.57. The predicted octanol–water partition coefficient (Wildman–Crippen LogP) is 3.84. The van der Waals surface area contributed by atoms with Crippen LogP contribution in [0.5, 0.6) is 0 Å². The summed E-state index contributed by atoms with van der Waals surface area (Å²) in [5.41, 5.74) is 2.61. The Morgan fingerprint density at radius 2 is 1.26 bits per heavy atom. The maximum atomic E-state index is 12.5. The molecule has 3 heterocycles. The Kier molecular flexibility index (Phi) is 7.99. The van der Waals surface area contributed by atoms with Gasteiger partial charge in [-0.2, -0.15) is 15.0 Å². The van der Waals surface area contributed by atoms with Crippen LogP contribution in [0.1, 0.15) is 31.1 Å². The second-order valence-corrected chi connectivity index (χ2v) is 9.78. The lowest BCUT2D eigenvalue weighted by Crippen LogP contribution is -2.46. The number of nitrogens with zero attached hydrogens (tertiary/aromatic N) is 5. The number of ketones is 1. The Morgan fingerprint density at radius 3 is 1.72 bits per heavy atom. The highest BCUT2D eigenvalue weighted by atomic mass is 16.5. The monoisotopic (exact) mass is 531 g/mol. The number of ether oxygens (including phenoxy) is 2. The predicted molar refractivity (Wildman–Crippen MR) is 150 cm³/mol. The van der Waals surface area contributed by atoms with E-state index in [9.17, 15) is 9.59 Å². The number of rotatable bonds is 6. The molecule has 2 fully saturated rings. The Bertz CT molecular complexity index is 1280. The molecule has 2 unspecified atom stereocenters. The molecule has 3 aromatic rings. The zero-order valence-electron chi connectivity index (χ0n) is 22.4. The van der Waals surface area contributed by atoms with Crippen molar-refractivity contribution >= 4 is 35.1 Å². The van der Waals surface area contributed by atoms with E-state index in [2.05, 4.69) is 34.3 Å². The van der Waals surface area contributed by atoms with E-state index in [0.717, 1.165) is 5.56 Å². The van der Waals surface area contributed by atoms with Gasteiger partial charge in [0.05, 0.1) is 38.5 Å². The molecule has 2 saturated heterocycles. The number of amides is 2. The van der Waals surface area contributed by atoms with E-state index in [-0.39, 0.29) is 23.9 Å². The molecule has 11 heteroatoms. The summed E-state index contributed by atoms with van der Waals surface area (Å²) < 4.78 is 11.2. The van der Waals surface area contributed by atoms with Gasteiger partial charge in [-0.05, 0) is 69.3 Å². The smallest absolute Gasteiger partial charge is 0.323 e. The molecule has 2 amide bonds. The highest BCUT2D eigenvalue weighted by Gasteiger charge is 2.27. The van der Waals surface area contributed by atoms with Gasteiger partial charge in [-0.25, -0.2) is 4.79 Å². The first-order valence-electron chi connectivity index (χ1n) is 13.1. The van der Waals surface area contributed by atoms with E-state index >= 15 is 0 Å². The van der Waals surface area contributed by atoms with Gasteiger partial charge in [-0.3, -0.25) is 4.79 Å². The third kappa shape index (κ3) is 6.32. The van der Waals surface area contributed by atoms with E-state index in [1.165, 1.54) is 6.92 Å². The summed E-state index contributed by atoms with van der Waals surface area (Å²) in [5.74, 6) is 1.79. The largest absolute Gasteiger partial charge is 0.377 e. The van der Waals surface area contributed by atoms with Crippen LogP contribution in [-0.4, -0.2) is 78.4 Å². The molecule has 0 bridgehead atoms. The molecule has 0 aliphatic carbocycles. The van der Waals surface area contributed by atoms with E-state index in [1.54, 1.807) is 24.3 Å². The number of nitrogens with one attached hydrogen (secondary N) is 2. The van der Waals surface area contributed by atoms with Crippen LogP contribution in [-0.2, 0) is 9.47 Å². The number of carbonyl (C=O) groups is 2. The van der Waals surface area contributed by atoms with Crippen LogP contribution in [0.4, 0.5) is 28.1 Å². The molecule has 1 aromatic heterocycles. The number of aromatic nitrogens is 3. The van der Waals surface area contributed by atoms with Gasteiger partial charge in [0.25, 0.3) is 0 Å². The Morgan fingerprint density at radius 1 is 0.769 bits per heavy atom. The molecule has 11 nitrogen and oxygen atoms in total. The topological polar surface area (TPSA) is 122 Å². The quantitative estimate of drug-likeness (QED) is 0.457. The number of anilines is 4. The average Bonchev–Trinajstić information content (AvgIpc) is 2.94. The Hall–Kier alpha value is -4.09. The summed E-state index contributed by atoms with van der Waals surface area (Å²) in [6.45, 7) is 9.60. The number of carbonyl (C=O) groups excluding carboxylic acids is 2. The molecule has 0 saturated carbocycles. The molecule has 0 spiro atoms. The Labute approximate surface area is 227 Å². The van der Waals surface area contributed by atoms with Gasteiger partial charge in [0, 0.05) is 35.6 Å². The highest BCUT2D eigenvalue weighted by Crippen LogP contribution is 2.26. The second-order valence-electron chi connectivity index (χ2n) is 9.78. The number of Topliss-reactive ketones (excluding diaryl/α,β-unsaturated/α-hetero) is 1. The molecule has 204 valence electrons. The van der Waals surface area contributed by atoms with Gasteiger partial charge in [-0.15, -0.1) is 0 Å². The SMILES string of the molecule is CC(=O)c1ccc(NC(=O)Nc2ccc(-c3nc(N4CCOCC4C)nc(N4CCOCC4C)n3)cc2)cc1. The number of hydrogen-bond donors (Lipinski definition) is 2. The minimum atomic E-state index is -0.384. The third-order valence-electron chi connectivity index (χ3n) is 6.81. The van der Waals surface area contributed by atoms with Crippen molar-refractivity contribution in [3.05, 3.63) is 54.1 Å². The van der Waals surface area contributed by atoms with Crippen molar-refractivity contribution in [3.8, 4) is 11.4 Å². The summed E-state index contributed by atoms with van der Waals surface area (Å²) in [7, 11) is 0. The second kappa shape index (κ2) is 11.7. The first kappa shape index (κ1) is 26.5. The molecule has 39 heavy (non-hydrogen) atoms. The van der Waals surface area contributed by atoms with E-state index in [1.807, 2.05) is 24.3 Å². The van der Waals surface area contributed by atoms with Crippen LogP contribution < -0.4 is 20.4 Å². The van der Waals surface area contributed by atoms with Crippen LogP contribution in [0.3, 0.4) is 0 Å². The standard InChI is InChI=1S/C28H33N7O4/c1-18-16-38-14-12-34(18)26-31-25(32-27(33-26)35-13-15-39-17-19(35)2)22-6-10-24(11-7-22)30-28(37)29-23-8-4-21(5-9-23)20(3)36/h4-11,18-19H,12-17H2,1-3H3,(H2,29,30,37). The lowest BCUT2D eigenvalue weighted by Gasteiger charge is -2.36. The molecule has 0 radical (unpaired) electrons. The molecule has 5 rings (SSSR count). The summed E-state index contributed by atoms with van der Waals surface area (Å²) in [4.78, 5) is 42.8. The van der Waals surface area contributed by atoms with Gasteiger partial charge in [-0.1, -0.05) is 0 Å². The third-order valence-corrected chi connectivity index (χ3v) is 6.81. The maximum absolute atomic E-state index is 12.5. The maximum Gasteiger partial charge on any atom is 0.323 e. The first-order valence-corrected chi connectivity index (χ1v) is 13.1. The lowest BCUT2D eigenvalue weighted by atomic mass is 10.1. The fraction of sp³-hybridized carbons (Fsp3) is 0.393. The normalized spacial score (nSPS) is 19.5. The van der Waals surface area contributed by atoms with Crippen LogP contribution in [0.15, 0.2) is 48.5 Å². The molecule has 2 atom stereocenters. The van der Waals surface area contributed by atoms with Gasteiger partial charge in [0.2, 0.25) is 11.9 Å². The summed E-state index contributed by atoms with van der Waals surface area (Å²) in [6.07, 6.45) is 0. The van der Waals surface area contributed by atoms with Crippen LogP contribution in [0.2, 0.25) is 0 Å². The minimum Gasteiger partial charge on any atom is -0.377 e. The summed E-state index contributed by atoms with van der Waals surface area (Å²) in [6, 6.07) is 14.0. The number of hydrogen-bond acceptors (Lipinski definition) is 9. The highest BCUT2D eigenvalue weighted by molar-refractivity contribution is 6.00. The number of morpholine rings is 2. The van der Waals surface area contributed by atoms with Crippen LogP contribution in [0.25, 0.3) is 11.4 Å². The molecule has 2 aromatic carbocycles. The van der Waals surface area contributed by atoms with Gasteiger partial charge in [0.15, 0.2) is 11.6 Å². The minimum absolute atomic E-state index is 0.0255. The van der Waals surface area contributed by atoms with E-state index in [0.29, 0.717) is 74.2 Å². The number of urea groups is 1. The van der Waals surface area contributed by atoms with Crippen molar-refractivity contribution in [1.82, 2.24) is 15.0 Å². The van der Waals surface area contributed by atoms with Gasteiger partial charge < -0.3 is 29.9 Å². The van der Waals surface area contributed by atoms with Crippen molar-refractivity contribution in [2.24, 2.45) is 0 Å². The molecular weight excluding hydrogens is 498 g/mol. The molecule has 2 aliphatic rings. The lowest BCUT2D eigenvalue weighted by molar-refractivity contribution is 0.0969. The molecule has 2 aliphatic heterocycles. The van der Waals surface area contributed by atoms with Crippen LogP contribution in [0, 0.1) is 0 Å². The van der Waals surface area contributed by atoms with Gasteiger partial charge >= 0.3 is 6.03 Å². The molecular formula is C28H33N7O4. The number of benzene rings is 2. The average molecular weight is 532 g/mol. The zero-order valence-corrected chi connectivity index (χ0v) is 22.4. The first-order chi connectivity index (χ1) is 18.9. The fourth-order valence-electron chi connectivity index (χ4n) is 4.57. The summed E-state index contributed by atoms with van der Waals surface area (Å²) >= 11 is 0. The van der Waals surface area contributed by atoms with Crippen molar-refractivity contribution in [3.63, 3.8) is 0 Å². The van der Waals surface area contributed by atoms with Gasteiger partial charge in [0.1, 0.15) is 0 Å².